The molecule has 0 radical (unpaired) electrons. The van der Waals surface area contributed by atoms with Gasteiger partial charge in [-0.2, -0.15) is 0 Å². The number of aliphatic hydroxyl groups excluding tert-OH is 2. The van der Waals surface area contributed by atoms with Gasteiger partial charge in [0, 0.05) is 0 Å². The van der Waals surface area contributed by atoms with E-state index < -0.39 is 0 Å². The van der Waals surface area contributed by atoms with Crippen LogP contribution in [0.5, 0.6) is 0 Å². The molecule has 10 atom stereocenters. The van der Waals surface area contributed by atoms with Gasteiger partial charge in [0.2, 0.25) is 0 Å². The molecule has 0 aromatic carbocycles. The van der Waals surface area contributed by atoms with Crippen molar-refractivity contribution in [2.45, 2.75) is 111 Å². The summed E-state index contributed by atoms with van der Waals surface area (Å²) < 4.78 is 0. The molecule has 0 spiro atoms. The van der Waals surface area contributed by atoms with E-state index in [-0.39, 0.29) is 12.2 Å². The number of fused-ring (bicyclic) bond motifs is 5. The van der Waals surface area contributed by atoms with Gasteiger partial charge in [-0.15, -0.1) is 0 Å². The van der Waals surface area contributed by atoms with Crippen LogP contribution in [0, 0.1) is 46.3 Å². The molecule has 2 N–H and O–H groups in total. The fraction of sp³-hybridized carbons (Fsp3) is 1.00. The summed E-state index contributed by atoms with van der Waals surface area (Å²) in [5, 5.41) is 21.5. The first-order chi connectivity index (χ1) is 12.8. The molecular weight excluding hydrogens is 332 g/mol. The zero-order valence-corrected chi connectivity index (χ0v) is 18.3. The Morgan fingerprint density at radius 1 is 0.926 bits per heavy atom. The van der Waals surface area contributed by atoms with Crippen LogP contribution in [0.2, 0.25) is 0 Å². The maximum absolute atomic E-state index is 11.3. The third-order valence-electron chi connectivity index (χ3n) is 10.4. The van der Waals surface area contributed by atoms with E-state index in [2.05, 4.69) is 27.7 Å². The van der Waals surface area contributed by atoms with Crippen molar-refractivity contribution in [2.75, 3.05) is 0 Å². The summed E-state index contributed by atoms with van der Waals surface area (Å²) in [4.78, 5) is 0. The van der Waals surface area contributed by atoms with E-state index in [4.69, 9.17) is 0 Å². The van der Waals surface area contributed by atoms with E-state index in [0.717, 1.165) is 37.0 Å². The van der Waals surface area contributed by atoms with Crippen LogP contribution in [0.15, 0.2) is 0 Å². The van der Waals surface area contributed by atoms with E-state index in [9.17, 15) is 10.2 Å². The Bertz CT molecular complexity index is 532. The second-order valence-corrected chi connectivity index (χ2v) is 11.6. The standard InChI is InChI=1S/C25H44O2/c1-5-6-7-16(2)19-8-9-20-23-21(11-13-25(19,20)4)24(3)12-10-18(26)14-17(24)15-22(23)27/h16-23,26-27H,5-15H2,1-4H3/t16-,17?,18?,19-,20+,21+,22?,23+,24+,25-/m1/s1. The van der Waals surface area contributed by atoms with Crippen molar-refractivity contribution < 1.29 is 10.2 Å². The second kappa shape index (κ2) is 7.31. The van der Waals surface area contributed by atoms with Crippen LogP contribution in [0.25, 0.3) is 0 Å². The number of hydrogen-bond acceptors (Lipinski definition) is 2. The topological polar surface area (TPSA) is 40.5 Å². The van der Waals surface area contributed by atoms with Gasteiger partial charge in [0.05, 0.1) is 12.2 Å². The molecule has 4 rings (SSSR count). The van der Waals surface area contributed by atoms with Crippen LogP contribution in [0.3, 0.4) is 0 Å². The fourth-order valence-corrected chi connectivity index (χ4v) is 8.90. The highest BCUT2D eigenvalue weighted by atomic mass is 16.3. The molecule has 4 fully saturated rings. The molecule has 27 heavy (non-hydrogen) atoms. The lowest BCUT2D eigenvalue weighted by molar-refractivity contribution is -0.174. The van der Waals surface area contributed by atoms with Crippen molar-refractivity contribution in [1.82, 2.24) is 0 Å². The van der Waals surface area contributed by atoms with Gasteiger partial charge < -0.3 is 10.2 Å². The zero-order valence-electron chi connectivity index (χ0n) is 18.3. The van der Waals surface area contributed by atoms with E-state index in [1.807, 2.05) is 0 Å². The van der Waals surface area contributed by atoms with Crippen molar-refractivity contribution in [3.63, 3.8) is 0 Å². The lowest BCUT2D eigenvalue weighted by atomic mass is 9.43. The van der Waals surface area contributed by atoms with Crippen LogP contribution in [0.4, 0.5) is 0 Å². The molecule has 4 aliphatic carbocycles. The molecule has 2 heteroatoms. The van der Waals surface area contributed by atoms with Gasteiger partial charge in [-0.1, -0.05) is 47.0 Å². The van der Waals surface area contributed by atoms with Gasteiger partial charge >= 0.3 is 0 Å². The molecule has 0 aromatic rings. The van der Waals surface area contributed by atoms with Crippen LogP contribution in [-0.2, 0) is 0 Å². The Hall–Kier alpha value is -0.0800. The summed E-state index contributed by atoms with van der Waals surface area (Å²) in [6.45, 7) is 9.94. The van der Waals surface area contributed by atoms with Gasteiger partial charge in [0.15, 0.2) is 0 Å². The molecule has 2 nitrogen and oxygen atoms in total. The fourth-order valence-electron chi connectivity index (χ4n) is 8.90. The molecule has 0 aliphatic heterocycles. The van der Waals surface area contributed by atoms with Gasteiger partial charge in [-0.05, 0) is 97.7 Å². The number of unbranched alkanes of at least 4 members (excludes halogenated alkanes) is 1. The predicted octanol–water partition coefficient (Wildman–Crippen LogP) is 5.80. The summed E-state index contributed by atoms with van der Waals surface area (Å²) >= 11 is 0. The molecule has 0 aromatic heterocycles. The lowest BCUT2D eigenvalue weighted by Gasteiger charge is -2.62. The quantitative estimate of drug-likeness (QED) is 0.650. The molecule has 0 bridgehead atoms. The minimum atomic E-state index is -0.132. The highest BCUT2D eigenvalue weighted by Crippen LogP contribution is 2.68. The molecule has 3 unspecified atom stereocenters. The third kappa shape index (κ3) is 3.12. The average Bonchev–Trinajstić information content (AvgIpc) is 2.98. The Morgan fingerprint density at radius 2 is 1.63 bits per heavy atom. The maximum Gasteiger partial charge on any atom is 0.0577 e. The molecular formula is C25H44O2. The number of aliphatic hydroxyl groups is 2. The van der Waals surface area contributed by atoms with Gasteiger partial charge in [-0.3, -0.25) is 0 Å². The van der Waals surface area contributed by atoms with E-state index in [1.54, 1.807) is 0 Å². The van der Waals surface area contributed by atoms with Crippen molar-refractivity contribution in [3.8, 4) is 0 Å². The normalized spacial score (nSPS) is 53.3. The zero-order chi connectivity index (χ0) is 19.4. The highest BCUT2D eigenvalue weighted by Gasteiger charge is 2.62. The van der Waals surface area contributed by atoms with Gasteiger partial charge in [0.25, 0.3) is 0 Å². The summed E-state index contributed by atoms with van der Waals surface area (Å²) in [6.07, 6.45) is 13.2. The summed E-state index contributed by atoms with van der Waals surface area (Å²) in [5.74, 6) is 4.16. The average molecular weight is 377 g/mol. The molecule has 0 amide bonds. The second-order valence-electron chi connectivity index (χ2n) is 11.6. The first-order valence-corrected chi connectivity index (χ1v) is 12.2. The first-order valence-electron chi connectivity index (χ1n) is 12.2. The highest BCUT2D eigenvalue weighted by molar-refractivity contribution is 5.11. The molecule has 4 saturated carbocycles. The largest absolute Gasteiger partial charge is 0.393 e. The Kier molecular flexibility index (Phi) is 5.47. The van der Waals surface area contributed by atoms with E-state index >= 15 is 0 Å². The predicted molar refractivity (Wildman–Crippen MR) is 111 cm³/mol. The summed E-state index contributed by atoms with van der Waals surface area (Å²) in [7, 11) is 0. The maximum atomic E-state index is 11.3. The monoisotopic (exact) mass is 376 g/mol. The number of rotatable bonds is 4. The molecule has 156 valence electrons. The van der Waals surface area contributed by atoms with Crippen molar-refractivity contribution in [2.24, 2.45) is 46.3 Å². The Balaban J connectivity index is 1.57. The molecule has 0 heterocycles. The van der Waals surface area contributed by atoms with Crippen LogP contribution in [0.1, 0.15) is 98.3 Å². The van der Waals surface area contributed by atoms with E-state index in [1.165, 1.54) is 51.4 Å². The van der Waals surface area contributed by atoms with Crippen molar-refractivity contribution >= 4 is 0 Å². The van der Waals surface area contributed by atoms with Crippen molar-refractivity contribution in [1.29, 1.82) is 0 Å². The van der Waals surface area contributed by atoms with Crippen LogP contribution in [-0.4, -0.2) is 22.4 Å². The van der Waals surface area contributed by atoms with Crippen LogP contribution >= 0.6 is 0 Å². The third-order valence-corrected chi connectivity index (χ3v) is 10.4. The Labute approximate surface area is 167 Å². The lowest BCUT2D eigenvalue weighted by Crippen LogP contribution is -2.58. The smallest absolute Gasteiger partial charge is 0.0577 e. The molecule has 0 saturated heterocycles. The van der Waals surface area contributed by atoms with Crippen LogP contribution < -0.4 is 0 Å². The summed E-state index contributed by atoms with van der Waals surface area (Å²) in [5.41, 5.74) is 0.809. The minimum Gasteiger partial charge on any atom is -0.393 e. The number of hydrogen-bond donors (Lipinski definition) is 2. The SMILES string of the molecule is CCCC[C@@H](C)[C@H]1CC[C@H]2[C@@H]3C(O)CC4CC(O)CC[C@]4(C)[C@H]3CC[C@]12C. The minimum absolute atomic E-state index is 0.129. The molecule has 4 aliphatic rings. The summed E-state index contributed by atoms with van der Waals surface area (Å²) in [6, 6.07) is 0. The first kappa shape index (κ1) is 20.2. The van der Waals surface area contributed by atoms with Gasteiger partial charge in [0.1, 0.15) is 0 Å². The Morgan fingerprint density at radius 3 is 2.37 bits per heavy atom. The van der Waals surface area contributed by atoms with E-state index in [0.29, 0.717) is 28.6 Å². The van der Waals surface area contributed by atoms with Gasteiger partial charge in [-0.25, -0.2) is 0 Å². The van der Waals surface area contributed by atoms with Crippen molar-refractivity contribution in [3.05, 3.63) is 0 Å².